The molecule has 1 aliphatic rings. The molecule has 0 unspecified atom stereocenters. The van der Waals surface area contributed by atoms with Crippen molar-refractivity contribution in [3.8, 4) is 17.0 Å². The Morgan fingerprint density at radius 3 is 2.43 bits per heavy atom. The number of H-pyrrole nitrogens is 1. The predicted octanol–water partition coefficient (Wildman–Crippen LogP) is 2.68. The van der Waals surface area contributed by atoms with E-state index in [0.29, 0.717) is 11.4 Å². The number of carboxylic acid groups (broad SMARTS) is 1. The third kappa shape index (κ3) is 6.48. The highest BCUT2D eigenvalue weighted by molar-refractivity contribution is 5.94. The first kappa shape index (κ1) is 26.0. The maximum Gasteiger partial charge on any atom is 0.331 e. The van der Waals surface area contributed by atoms with E-state index >= 15 is 0 Å². The van der Waals surface area contributed by atoms with Gasteiger partial charge in [-0.15, -0.1) is 0 Å². The van der Waals surface area contributed by atoms with E-state index in [2.05, 4.69) is 20.8 Å². The molecule has 2 amide bonds. The normalized spacial score (nSPS) is 19.7. The molecule has 1 aromatic heterocycles. The Kier molecular flexibility index (Phi) is 8.64. The fourth-order valence-corrected chi connectivity index (χ4v) is 4.10. The maximum absolute atomic E-state index is 13.1. The Morgan fingerprint density at radius 2 is 1.86 bits per heavy atom. The first-order valence-corrected chi connectivity index (χ1v) is 11.6. The van der Waals surface area contributed by atoms with Gasteiger partial charge in [0.15, 0.2) is 0 Å². The first-order chi connectivity index (χ1) is 16.7. The highest BCUT2D eigenvalue weighted by atomic mass is 16.5. The van der Waals surface area contributed by atoms with Gasteiger partial charge in [-0.3, -0.25) is 14.7 Å². The highest BCUT2D eigenvalue weighted by Gasteiger charge is 2.38. The summed E-state index contributed by atoms with van der Waals surface area (Å²) in [6.07, 6.45) is 2.21. The summed E-state index contributed by atoms with van der Waals surface area (Å²) in [6.45, 7) is 5.33. The molecule has 0 spiro atoms. The van der Waals surface area contributed by atoms with Gasteiger partial charge in [0, 0.05) is 24.5 Å². The van der Waals surface area contributed by atoms with E-state index in [9.17, 15) is 19.5 Å². The number of nitrogens with zero attached hydrogens (tertiary/aromatic N) is 1. The number of hydrogen-bond acceptors (Lipinski definition) is 6. The zero-order valence-electron chi connectivity index (χ0n) is 20.3. The van der Waals surface area contributed by atoms with Crippen LogP contribution in [-0.2, 0) is 14.3 Å². The molecule has 188 valence electrons. The SMILES string of the molecule is CCC(CC)O[C@@H]1C=C(C(=O)O)C[C@H](NC(=O)c2cc(-c3ccc(OC)cc3)n[nH]2)[C@H]1NC(C)=O. The first-order valence-electron chi connectivity index (χ1n) is 11.6. The van der Waals surface area contributed by atoms with E-state index in [4.69, 9.17) is 9.47 Å². The fourth-order valence-electron chi connectivity index (χ4n) is 4.10. The summed E-state index contributed by atoms with van der Waals surface area (Å²) in [5, 5.41) is 22.3. The van der Waals surface area contributed by atoms with Gasteiger partial charge in [0.05, 0.1) is 37.1 Å². The van der Waals surface area contributed by atoms with Crippen LogP contribution in [-0.4, -0.2) is 64.5 Å². The minimum absolute atomic E-state index is 0.0360. The van der Waals surface area contributed by atoms with E-state index in [1.54, 1.807) is 25.3 Å². The van der Waals surface area contributed by atoms with E-state index in [-0.39, 0.29) is 29.7 Å². The van der Waals surface area contributed by atoms with Gasteiger partial charge in [-0.05, 0) is 49.2 Å². The number of aliphatic carboxylic acids is 1. The second-order valence-electron chi connectivity index (χ2n) is 8.44. The van der Waals surface area contributed by atoms with Crippen LogP contribution in [0, 0.1) is 0 Å². The summed E-state index contributed by atoms with van der Waals surface area (Å²) >= 11 is 0. The number of rotatable bonds is 10. The summed E-state index contributed by atoms with van der Waals surface area (Å²) in [7, 11) is 1.58. The molecule has 0 aliphatic heterocycles. The number of carbonyl (C=O) groups is 3. The minimum Gasteiger partial charge on any atom is -0.497 e. The molecule has 0 radical (unpaired) electrons. The van der Waals surface area contributed by atoms with Crippen molar-refractivity contribution in [1.29, 1.82) is 0 Å². The van der Waals surface area contributed by atoms with Crippen molar-refractivity contribution in [3.05, 3.63) is 47.7 Å². The van der Waals surface area contributed by atoms with Gasteiger partial charge in [-0.2, -0.15) is 5.10 Å². The number of benzene rings is 1. The average Bonchev–Trinajstić information content (AvgIpc) is 3.34. The largest absolute Gasteiger partial charge is 0.497 e. The summed E-state index contributed by atoms with van der Waals surface area (Å²) in [4.78, 5) is 36.9. The van der Waals surface area contributed by atoms with Gasteiger partial charge in [-0.25, -0.2) is 4.79 Å². The van der Waals surface area contributed by atoms with Crippen molar-refractivity contribution in [3.63, 3.8) is 0 Å². The number of carbonyl (C=O) groups excluding carboxylic acids is 2. The Balaban J connectivity index is 1.83. The topological polar surface area (TPSA) is 143 Å². The second kappa shape index (κ2) is 11.7. The Labute approximate surface area is 204 Å². The van der Waals surface area contributed by atoms with E-state index < -0.39 is 30.1 Å². The molecule has 10 nitrogen and oxygen atoms in total. The van der Waals surface area contributed by atoms with Gasteiger partial charge in [0.2, 0.25) is 5.91 Å². The number of carboxylic acids is 1. The quantitative estimate of drug-likeness (QED) is 0.406. The molecular formula is C25H32N4O6. The van der Waals surface area contributed by atoms with Crippen LogP contribution in [0.4, 0.5) is 0 Å². The van der Waals surface area contributed by atoms with Crippen LogP contribution in [0.3, 0.4) is 0 Å². The van der Waals surface area contributed by atoms with Crippen LogP contribution < -0.4 is 15.4 Å². The molecule has 35 heavy (non-hydrogen) atoms. The Morgan fingerprint density at radius 1 is 1.17 bits per heavy atom. The summed E-state index contributed by atoms with van der Waals surface area (Å²) < 4.78 is 11.3. The fraction of sp³-hybridized carbons (Fsp3) is 0.440. The Bertz CT molecular complexity index is 1070. The third-order valence-corrected chi connectivity index (χ3v) is 6.02. The molecule has 0 bridgehead atoms. The molecule has 1 aliphatic carbocycles. The molecule has 3 rings (SSSR count). The lowest BCUT2D eigenvalue weighted by molar-refractivity contribution is -0.133. The Hall–Kier alpha value is -3.66. The van der Waals surface area contributed by atoms with Crippen molar-refractivity contribution < 1.29 is 29.0 Å². The smallest absolute Gasteiger partial charge is 0.331 e. The number of ether oxygens (including phenoxy) is 2. The number of hydrogen-bond donors (Lipinski definition) is 4. The van der Waals surface area contributed by atoms with Crippen molar-refractivity contribution in [1.82, 2.24) is 20.8 Å². The number of aromatic amines is 1. The van der Waals surface area contributed by atoms with E-state index in [0.717, 1.165) is 18.4 Å². The van der Waals surface area contributed by atoms with Gasteiger partial charge in [0.1, 0.15) is 11.4 Å². The second-order valence-corrected chi connectivity index (χ2v) is 8.44. The highest BCUT2D eigenvalue weighted by Crippen LogP contribution is 2.26. The third-order valence-electron chi connectivity index (χ3n) is 6.02. The molecule has 4 N–H and O–H groups in total. The average molecular weight is 485 g/mol. The molecule has 1 aromatic carbocycles. The number of amides is 2. The van der Waals surface area contributed by atoms with Crippen molar-refractivity contribution >= 4 is 17.8 Å². The van der Waals surface area contributed by atoms with E-state index in [1.165, 1.54) is 13.0 Å². The molecule has 2 aromatic rings. The predicted molar refractivity (Wildman–Crippen MR) is 129 cm³/mol. The van der Waals surface area contributed by atoms with E-state index in [1.807, 2.05) is 26.0 Å². The monoisotopic (exact) mass is 484 g/mol. The molecule has 0 saturated carbocycles. The lowest BCUT2D eigenvalue weighted by Crippen LogP contribution is -2.59. The minimum atomic E-state index is -1.09. The molecule has 3 atom stereocenters. The van der Waals surface area contributed by atoms with Crippen molar-refractivity contribution in [2.24, 2.45) is 0 Å². The van der Waals surface area contributed by atoms with Crippen LogP contribution >= 0.6 is 0 Å². The molecule has 0 fully saturated rings. The van der Waals surface area contributed by atoms with Gasteiger partial charge < -0.3 is 25.2 Å². The molecule has 1 heterocycles. The lowest BCUT2D eigenvalue weighted by Gasteiger charge is -2.38. The molecular weight excluding hydrogens is 452 g/mol. The summed E-state index contributed by atoms with van der Waals surface area (Å²) in [5.74, 6) is -1.16. The molecule has 10 heteroatoms. The van der Waals surface area contributed by atoms with Crippen molar-refractivity contribution in [2.45, 2.75) is 64.3 Å². The van der Waals surface area contributed by atoms with Gasteiger partial charge in [0.25, 0.3) is 5.91 Å². The molecule has 0 saturated heterocycles. The van der Waals surface area contributed by atoms with Crippen LogP contribution in [0.25, 0.3) is 11.3 Å². The summed E-state index contributed by atoms with van der Waals surface area (Å²) in [5.41, 5.74) is 1.70. The van der Waals surface area contributed by atoms with Crippen molar-refractivity contribution in [2.75, 3.05) is 7.11 Å². The zero-order valence-corrected chi connectivity index (χ0v) is 20.3. The van der Waals surface area contributed by atoms with Crippen LogP contribution in [0.2, 0.25) is 0 Å². The maximum atomic E-state index is 13.1. The number of aromatic nitrogens is 2. The zero-order chi connectivity index (χ0) is 25.5. The summed E-state index contributed by atoms with van der Waals surface area (Å²) in [6, 6.07) is 7.52. The lowest BCUT2D eigenvalue weighted by atomic mass is 9.87. The number of nitrogens with one attached hydrogen (secondary N) is 3. The standard InChI is InChI=1S/C25H32N4O6/c1-5-17(6-2)35-22-12-16(25(32)33)11-20(23(22)26-14(3)30)27-24(31)21-13-19(28-29-21)15-7-9-18(34-4)10-8-15/h7-10,12-13,17,20,22-23H,5-6,11H2,1-4H3,(H,26,30)(H,27,31)(H,28,29)(H,32,33)/t20-,22+,23+/m0/s1. The van der Waals surface area contributed by atoms with Crippen LogP contribution in [0.15, 0.2) is 42.0 Å². The van der Waals surface area contributed by atoms with Gasteiger partial charge >= 0.3 is 5.97 Å². The number of methoxy groups -OCH3 is 1. The van der Waals surface area contributed by atoms with Crippen LogP contribution in [0.1, 0.15) is 50.5 Å². The van der Waals surface area contributed by atoms with Crippen LogP contribution in [0.5, 0.6) is 5.75 Å². The van der Waals surface area contributed by atoms with Gasteiger partial charge in [-0.1, -0.05) is 13.8 Å².